The van der Waals surface area contributed by atoms with Crippen molar-refractivity contribution >= 4 is 17.4 Å². The number of aryl methyl sites for hydroxylation is 1. The molecule has 30 heavy (non-hydrogen) atoms. The third-order valence-electron chi connectivity index (χ3n) is 5.42. The quantitative estimate of drug-likeness (QED) is 0.455. The molecule has 5 nitrogen and oxygen atoms in total. The van der Waals surface area contributed by atoms with Gasteiger partial charge in [0.15, 0.2) is 0 Å². The average molecular weight is 408 g/mol. The first-order chi connectivity index (χ1) is 14.0. The van der Waals surface area contributed by atoms with E-state index in [1.807, 2.05) is 43.3 Å². The van der Waals surface area contributed by atoms with Crippen LogP contribution < -0.4 is 0 Å². The number of carbonyl (C=O) groups excluding carboxylic acids is 2. The summed E-state index contributed by atoms with van der Waals surface area (Å²) in [6, 6.07) is 14.1. The van der Waals surface area contributed by atoms with E-state index in [0.29, 0.717) is 5.56 Å². The summed E-state index contributed by atoms with van der Waals surface area (Å²) in [6.07, 6.45) is -0.807. The Morgan fingerprint density at radius 2 is 1.60 bits per heavy atom. The maximum atomic E-state index is 12.9. The van der Waals surface area contributed by atoms with E-state index in [1.54, 1.807) is 19.1 Å². The van der Waals surface area contributed by atoms with Gasteiger partial charge in [-0.2, -0.15) is 0 Å². The minimum absolute atomic E-state index is 0.000933. The first-order valence-corrected chi connectivity index (χ1v) is 10.1. The van der Waals surface area contributed by atoms with Crippen LogP contribution in [0.1, 0.15) is 56.0 Å². The molecule has 5 heteroatoms. The zero-order valence-corrected chi connectivity index (χ0v) is 18.1. The molecule has 2 N–H and O–H groups in total. The van der Waals surface area contributed by atoms with Crippen molar-refractivity contribution < 1.29 is 19.8 Å². The van der Waals surface area contributed by atoms with E-state index < -0.39 is 23.8 Å². The van der Waals surface area contributed by atoms with Crippen LogP contribution in [0.15, 0.2) is 54.1 Å². The summed E-state index contributed by atoms with van der Waals surface area (Å²) >= 11 is 0. The fourth-order valence-corrected chi connectivity index (χ4v) is 3.73. The predicted octanol–water partition coefficient (Wildman–Crippen LogP) is 4.10. The number of carbonyl (C=O) groups is 2. The van der Waals surface area contributed by atoms with Gasteiger partial charge in [0, 0.05) is 12.1 Å². The summed E-state index contributed by atoms with van der Waals surface area (Å²) in [4.78, 5) is 27.0. The van der Waals surface area contributed by atoms with E-state index in [2.05, 4.69) is 20.8 Å². The number of β-amino-alcohol motifs (C(OH)–C–C–N with tert-alkyl or cyclic N) is 1. The Kier molecular flexibility index (Phi) is 5.86. The summed E-state index contributed by atoms with van der Waals surface area (Å²) in [7, 11) is 0. The van der Waals surface area contributed by atoms with Gasteiger partial charge in [0.25, 0.3) is 11.7 Å². The fourth-order valence-electron chi connectivity index (χ4n) is 3.73. The van der Waals surface area contributed by atoms with Crippen LogP contribution in [0.2, 0.25) is 0 Å². The molecule has 0 bridgehead atoms. The smallest absolute Gasteiger partial charge is 0.295 e. The van der Waals surface area contributed by atoms with Gasteiger partial charge in [0.05, 0.1) is 17.7 Å². The number of benzene rings is 2. The monoisotopic (exact) mass is 407 g/mol. The molecule has 0 saturated carbocycles. The van der Waals surface area contributed by atoms with E-state index in [4.69, 9.17) is 0 Å². The SMILES string of the molecule is Cc1ccc(C(O)=C2C(=O)C(=O)N(CC(C)O)C2c2ccc(C(C)(C)C)cc2)cc1. The van der Waals surface area contributed by atoms with Crippen molar-refractivity contribution in [3.8, 4) is 0 Å². The maximum Gasteiger partial charge on any atom is 0.295 e. The number of Topliss-reactive ketones (excluding diaryl/α,β-unsaturated/α-hetero) is 1. The van der Waals surface area contributed by atoms with Crippen molar-refractivity contribution in [2.24, 2.45) is 0 Å². The molecule has 2 atom stereocenters. The molecule has 158 valence electrons. The molecule has 0 radical (unpaired) electrons. The molecular weight excluding hydrogens is 378 g/mol. The Balaban J connectivity index is 2.16. The van der Waals surface area contributed by atoms with E-state index in [9.17, 15) is 19.8 Å². The molecular formula is C25H29NO4. The van der Waals surface area contributed by atoms with Crippen LogP contribution in [0.3, 0.4) is 0 Å². The standard InChI is InChI=1S/C25H29NO4/c1-15-6-8-18(9-7-15)22(28)20-21(26(14-16(2)27)24(30)23(20)29)17-10-12-19(13-11-17)25(3,4)5/h6-13,16,21,27-28H,14H2,1-5H3. The van der Waals surface area contributed by atoms with Gasteiger partial charge in [0.1, 0.15) is 5.76 Å². The zero-order valence-electron chi connectivity index (χ0n) is 18.1. The van der Waals surface area contributed by atoms with Gasteiger partial charge in [-0.15, -0.1) is 0 Å². The predicted molar refractivity (Wildman–Crippen MR) is 117 cm³/mol. The largest absolute Gasteiger partial charge is 0.507 e. The number of hydrogen-bond donors (Lipinski definition) is 2. The normalized spacial score (nSPS) is 19.9. The van der Waals surface area contributed by atoms with Crippen LogP contribution in [0.4, 0.5) is 0 Å². The Bertz CT molecular complexity index is 979. The summed E-state index contributed by atoms with van der Waals surface area (Å²) in [5.74, 6) is -1.65. The topological polar surface area (TPSA) is 77.8 Å². The number of aliphatic hydroxyl groups is 2. The lowest BCUT2D eigenvalue weighted by molar-refractivity contribution is -0.140. The van der Waals surface area contributed by atoms with Crippen molar-refractivity contribution in [1.29, 1.82) is 0 Å². The number of nitrogens with zero attached hydrogens (tertiary/aromatic N) is 1. The van der Waals surface area contributed by atoms with Crippen molar-refractivity contribution in [2.45, 2.75) is 52.2 Å². The van der Waals surface area contributed by atoms with Crippen LogP contribution in [0.5, 0.6) is 0 Å². The maximum absolute atomic E-state index is 12.9. The fraction of sp³-hybridized carbons (Fsp3) is 0.360. The van der Waals surface area contributed by atoms with Crippen molar-refractivity contribution in [3.63, 3.8) is 0 Å². The molecule has 1 saturated heterocycles. The Labute approximate surface area is 177 Å². The summed E-state index contributed by atoms with van der Waals surface area (Å²) in [6.45, 7) is 9.83. The van der Waals surface area contributed by atoms with Crippen LogP contribution in [0, 0.1) is 6.92 Å². The molecule has 0 spiro atoms. The van der Waals surface area contributed by atoms with E-state index in [-0.39, 0.29) is 23.3 Å². The highest BCUT2D eigenvalue weighted by atomic mass is 16.3. The molecule has 0 aliphatic carbocycles. The lowest BCUT2D eigenvalue weighted by Gasteiger charge is -2.27. The minimum atomic E-state index is -0.807. The second-order valence-corrected chi connectivity index (χ2v) is 9.04. The number of ketones is 1. The molecule has 2 unspecified atom stereocenters. The van der Waals surface area contributed by atoms with Gasteiger partial charge < -0.3 is 15.1 Å². The lowest BCUT2D eigenvalue weighted by Crippen LogP contribution is -2.35. The van der Waals surface area contributed by atoms with Crippen molar-refractivity contribution in [3.05, 3.63) is 76.4 Å². The van der Waals surface area contributed by atoms with E-state index >= 15 is 0 Å². The molecule has 3 rings (SSSR count). The van der Waals surface area contributed by atoms with Crippen LogP contribution >= 0.6 is 0 Å². The summed E-state index contributed by atoms with van der Waals surface area (Å²) < 4.78 is 0. The molecule has 1 fully saturated rings. The molecule has 1 heterocycles. The van der Waals surface area contributed by atoms with Crippen molar-refractivity contribution in [2.75, 3.05) is 6.54 Å². The number of rotatable bonds is 4. The molecule has 1 aliphatic heterocycles. The molecule has 1 aliphatic rings. The Hall–Kier alpha value is -2.92. The van der Waals surface area contributed by atoms with E-state index in [0.717, 1.165) is 16.7 Å². The lowest BCUT2D eigenvalue weighted by atomic mass is 9.85. The second-order valence-electron chi connectivity index (χ2n) is 9.04. The van der Waals surface area contributed by atoms with Gasteiger partial charge in [-0.3, -0.25) is 9.59 Å². The highest BCUT2D eigenvalue weighted by Crippen LogP contribution is 2.40. The van der Waals surface area contributed by atoms with E-state index in [1.165, 1.54) is 4.90 Å². The molecule has 2 aromatic rings. The van der Waals surface area contributed by atoms with Gasteiger partial charge in [-0.25, -0.2) is 0 Å². The van der Waals surface area contributed by atoms with Crippen LogP contribution in [-0.2, 0) is 15.0 Å². The number of likely N-dealkylation sites (tertiary alicyclic amines) is 1. The number of aliphatic hydroxyl groups excluding tert-OH is 2. The Morgan fingerprint density at radius 1 is 1.03 bits per heavy atom. The third kappa shape index (κ3) is 4.17. The number of amides is 1. The highest BCUT2D eigenvalue weighted by molar-refractivity contribution is 6.46. The second kappa shape index (κ2) is 8.07. The van der Waals surface area contributed by atoms with Gasteiger partial charge in [-0.1, -0.05) is 74.9 Å². The summed E-state index contributed by atoms with van der Waals surface area (Å²) in [5.41, 5.74) is 3.35. The zero-order chi connectivity index (χ0) is 22.2. The van der Waals surface area contributed by atoms with Gasteiger partial charge in [0.2, 0.25) is 0 Å². The summed E-state index contributed by atoms with van der Waals surface area (Å²) in [5, 5.41) is 20.9. The van der Waals surface area contributed by atoms with Crippen LogP contribution in [-0.4, -0.2) is 39.5 Å². The first-order valence-electron chi connectivity index (χ1n) is 10.1. The number of hydrogen-bond acceptors (Lipinski definition) is 4. The third-order valence-corrected chi connectivity index (χ3v) is 5.42. The molecule has 1 amide bonds. The average Bonchev–Trinajstić information content (AvgIpc) is 2.92. The minimum Gasteiger partial charge on any atom is -0.507 e. The van der Waals surface area contributed by atoms with Gasteiger partial charge in [-0.05, 0) is 30.4 Å². The molecule has 0 aromatic heterocycles. The Morgan fingerprint density at radius 3 is 2.10 bits per heavy atom. The van der Waals surface area contributed by atoms with Gasteiger partial charge >= 0.3 is 0 Å². The first kappa shape index (κ1) is 21.8. The van der Waals surface area contributed by atoms with Crippen molar-refractivity contribution in [1.82, 2.24) is 4.90 Å². The van der Waals surface area contributed by atoms with Crippen LogP contribution in [0.25, 0.3) is 5.76 Å². The molecule has 2 aromatic carbocycles. The highest BCUT2D eigenvalue weighted by Gasteiger charge is 2.46.